The Hall–Kier alpha value is -0.500. The van der Waals surface area contributed by atoms with Gasteiger partial charge in [0, 0.05) is 10.0 Å². The molecule has 0 amide bonds. The van der Waals surface area contributed by atoms with Crippen molar-refractivity contribution >= 4 is 26.0 Å². The molecule has 4 nitrogen and oxygen atoms in total. The maximum atomic E-state index is 13.9. The fraction of sp³-hybridized carbons (Fsp3) is 0.500. The van der Waals surface area contributed by atoms with Crippen molar-refractivity contribution in [3.63, 3.8) is 0 Å². The van der Waals surface area contributed by atoms with Crippen molar-refractivity contribution in [2.45, 2.75) is 31.1 Å². The molecule has 1 rings (SSSR count). The average molecular weight is 353 g/mol. The molecule has 108 valence electrons. The van der Waals surface area contributed by atoms with Crippen molar-refractivity contribution in [3.8, 4) is 0 Å². The molecule has 3 N–H and O–H groups in total. The Balaban J connectivity index is 3.40. The number of nitrogens with one attached hydrogen (secondary N) is 1. The van der Waals surface area contributed by atoms with Crippen LogP contribution in [0.25, 0.3) is 0 Å². The first-order chi connectivity index (χ1) is 8.66. The van der Waals surface area contributed by atoms with Gasteiger partial charge in [0.1, 0.15) is 5.82 Å². The van der Waals surface area contributed by atoms with Crippen molar-refractivity contribution in [3.05, 3.63) is 34.1 Å². The summed E-state index contributed by atoms with van der Waals surface area (Å²) in [5.74, 6) is -0.516. The van der Waals surface area contributed by atoms with E-state index < -0.39 is 26.6 Å². The second-order valence-electron chi connectivity index (χ2n) is 4.55. The lowest BCUT2D eigenvalue weighted by atomic mass is 9.88. The van der Waals surface area contributed by atoms with Crippen LogP contribution in [-0.2, 0) is 15.6 Å². The third-order valence-electron chi connectivity index (χ3n) is 3.21. The molecular weight excluding hydrogens is 335 g/mol. The quantitative estimate of drug-likeness (QED) is 0.852. The van der Waals surface area contributed by atoms with Gasteiger partial charge in [-0.3, -0.25) is 0 Å². The predicted molar refractivity (Wildman–Crippen MR) is 77.7 cm³/mol. The Morgan fingerprint density at radius 2 is 2.11 bits per heavy atom. The van der Waals surface area contributed by atoms with Crippen LogP contribution >= 0.6 is 15.9 Å². The highest BCUT2D eigenvalue weighted by atomic mass is 79.9. The third-order valence-corrected chi connectivity index (χ3v) is 5.84. The zero-order chi connectivity index (χ0) is 14.8. The van der Waals surface area contributed by atoms with Crippen molar-refractivity contribution in [1.82, 2.24) is 4.72 Å². The SMILES string of the molecule is CC[C@H](C(C)(N)c1cc(Br)ccc1F)S(=O)(=O)NC. The molecule has 0 radical (unpaired) electrons. The van der Waals surface area contributed by atoms with Gasteiger partial charge < -0.3 is 5.73 Å². The predicted octanol–water partition coefficient (Wildman–Crippen LogP) is 2.09. The number of hydrogen-bond donors (Lipinski definition) is 2. The van der Waals surface area contributed by atoms with Crippen LogP contribution < -0.4 is 10.5 Å². The van der Waals surface area contributed by atoms with Crippen molar-refractivity contribution < 1.29 is 12.8 Å². The standard InChI is InChI=1S/C12H18BrFN2O2S/c1-4-11(19(17,18)16-3)12(2,15)9-7-8(13)5-6-10(9)14/h5-7,11,16H,4,15H2,1-3H3/t11-,12?/m1/s1. The normalized spacial score (nSPS) is 16.9. The van der Waals surface area contributed by atoms with Gasteiger partial charge in [0.05, 0.1) is 10.8 Å². The van der Waals surface area contributed by atoms with Crippen LogP contribution in [0.15, 0.2) is 22.7 Å². The molecule has 19 heavy (non-hydrogen) atoms. The van der Waals surface area contributed by atoms with Crippen LogP contribution in [-0.4, -0.2) is 20.7 Å². The molecule has 0 aliphatic carbocycles. The number of hydrogen-bond acceptors (Lipinski definition) is 3. The summed E-state index contributed by atoms with van der Waals surface area (Å²) in [4.78, 5) is 0. The van der Waals surface area contributed by atoms with E-state index in [1.165, 1.54) is 26.1 Å². The van der Waals surface area contributed by atoms with Crippen LogP contribution in [0.1, 0.15) is 25.8 Å². The Bertz CT molecular complexity index is 561. The molecule has 0 aliphatic rings. The Morgan fingerprint density at radius 3 is 2.58 bits per heavy atom. The Kier molecular flexibility index (Phi) is 5.11. The van der Waals surface area contributed by atoms with Crippen molar-refractivity contribution in [1.29, 1.82) is 0 Å². The first kappa shape index (κ1) is 16.6. The molecule has 0 fully saturated rings. The van der Waals surface area contributed by atoms with Gasteiger partial charge in [-0.15, -0.1) is 0 Å². The molecule has 1 unspecified atom stereocenters. The van der Waals surface area contributed by atoms with E-state index in [2.05, 4.69) is 20.7 Å². The molecular formula is C12H18BrFN2O2S. The van der Waals surface area contributed by atoms with Crippen molar-refractivity contribution in [2.75, 3.05) is 7.05 Å². The van der Waals surface area contributed by atoms with E-state index >= 15 is 0 Å². The van der Waals surface area contributed by atoms with Crippen LogP contribution in [0.4, 0.5) is 4.39 Å². The zero-order valence-electron chi connectivity index (χ0n) is 11.1. The lowest BCUT2D eigenvalue weighted by molar-refractivity contribution is 0.412. The molecule has 0 saturated heterocycles. The molecule has 0 spiro atoms. The molecule has 2 atom stereocenters. The Labute approximate surface area is 121 Å². The number of nitrogens with two attached hydrogens (primary N) is 1. The second-order valence-corrected chi connectivity index (χ2v) is 7.54. The summed E-state index contributed by atoms with van der Waals surface area (Å²) in [6.45, 7) is 3.24. The lowest BCUT2D eigenvalue weighted by Crippen LogP contribution is -2.52. The van der Waals surface area contributed by atoms with Gasteiger partial charge in [0.2, 0.25) is 10.0 Å². The van der Waals surface area contributed by atoms with E-state index in [1.54, 1.807) is 13.0 Å². The molecule has 7 heteroatoms. The summed E-state index contributed by atoms with van der Waals surface area (Å²) in [5.41, 5.74) is 4.99. The Morgan fingerprint density at radius 1 is 1.53 bits per heavy atom. The maximum Gasteiger partial charge on any atom is 0.216 e. The van der Waals surface area contributed by atoms with Crippen LogP contribution in [0.3, 0.4) is 0 Å². The fourth-order valence-electron chi connectivity index (χ4n) is 2.19. The highest BCUT2D eigenvalue weighted by Gasteiger charge is 2.41. The van der Waals surface area contributed by atoms with Crippen LogP contribution in [0.5, 0.6) is 0 Å². The molecule has 0 aromatic heterocycles. The van der Waals surface area contributed by atoms with Crippen LogP contribution in [0, 0.1) is 5.82 Å². The van der Waals surface area contributed by atoms with E-state index in [9.17, 15) is 12.8 Å². The summed E-state index contributed by atoms with van der Waals surface area (Å²) in [5, 5.41) is -0.922. The van der Waals surface area contributed by atoms with E-state index in [-0.39, 0.29) is 12.0 Å². The highest BCUT2D eigenvalue weighted by molar-refractivity contribution is 9.10. The van der Waals surface area contributed by atoms with E-state index in [0.29, 0.717) is 4.47 Å². The first-order valence-electron chi connectivity index (χ1n) is 5.83. The van der Waals surface area contributed by atoms with Crippen LogP contribution in [0.2, 0.25) is 0 Å². The topological polar surface area (TPSA) is 72.2 Å². The molecule has 0 aliphatic heterocycles. The van der Waals surface area contributed by atoms with Gasteiger partial charge in [0.15, 0.2) is 0 Å². The molecule has 1 aromatic rings. The number of benzene rings is 1. The first-order valence-corrected chi connectivity index (χ1v) is 8.17. The van der Waals surface area contributed by atoms with E-state index in [4.69, 9.17) is 5.73 Å². The van der Waals surface area contributed by atoms with Gasteiger partial charge in [-0.2, -0.15) is 0 Å². The lowest BCUT2D eigenvalue weighted by Gasteiger charge is -2.33. The average Bonchev–Trinajstić information content (AvgIpc) is 2.32. The van der Waals surface area contributed by atoms with Gasteiger partial charge >= 0.3 is 0 Å². The highest BCUT2D eigenvalue weighted by Crippen LogP contribution is 2.31. The molecule has 1 aromatic carbocycles. The minimum atomic E-state index is -3.60. The largest absolute Gasteiger partial charge is 0.320 e. The summed E-state index contributed by atoms with van der Waals surface area (Å²) >= 11 is 3.24. The fourth-order valence-corrected chi connectivity index (χ4v) is 4.05. The molecule has 0 heterocycles. The van der Waals surface area contributed by atoms with E-state index in [0.717, 1.165) is 0 Å². The smallest absolute Gasteiger partial charge is 0.216 e. The summed E-state index contributed by atoms with van der Waals surface area (Å²) in [6, 6.07) is 4.33. The second kappa shape index (κ2) is 5.87. The molecule has 0 bridgehead atoms. The van der Waals surface area contributed by atoms with E-state index in [1.807, 2.05) is 0 Å². The van der Waals surface area contributed by atoms with Crippen molar-refractivity contribution in [2.24, 2.45) is 5.73 Å². The minimum Gasteiger partial charge on any atom is -0.320 e. The zero-order valence-corrected chi connectivity index (χ0v) is 13.5. The van der Waals surface area contributed by atoms with Gasteiger partial charge in [-0.05, 0) is 38.6 Å². The number of halogens is 2. The van der Waals surface area contributed by atoms with Gasteiger partial charge in [-0.25, -0.2) is 17.5 Å². The molecule has 0 saturated carbocycles. The monoisotopic (exact) mass is 352 g/mol. The number of rotatable bonds is 5. The van der Waals surface area contributed by atoms with Gasteiger partial charge in [0.25, 0.3) is 0 Å². The third kappa shape index (κ3) is 3.34. The number of sulfonamides is 1. The summed E-state index contributed by atoms with van der Waals surface area (Å²) < 4.78 is 40.9. The minimum absolute atomic E-state index is 0.174. The summed E-state index contributed by atoms with van der Waals surface area (Å²) in [7, 11) is -2.28. The maximum absolute atomic E-state index is 13.9. The van der Waals surface area contributed by atoms with Gasteiger partial charge in [-0.1, -0.05) is 22.9 Å². The summed E-state index contributed by atoms with van der Waals surface area (Å²) in [6.07, 6.45) is 0.280.